The SMILES string of the molecule is CCc1ccc(C(=O)NNC(=O)c2ccc(F)c(C(F)(F)F)c2)cc1. The van der Waals surface area contributed by atoms with Gasteiger partial charge < -0.3 is 0 Å². The topological polar surface area (TPSA) is 58.2 Å². The highest BCUT2D eigenvalue weighted by Crippen LogP contribution is 2.31. The van der Waals surface area contributed by atoms with Gasteiger partial charge in [-0.15, -0.1) is 0 Å². The number of amides is 2. The van der Waals surface area contributed by atoms with Gasteiger partial charge in [0.15, 0.2) is 0 Å². The minimum Gasteiger partial charge on any atom is -0.267 e. The normalized spacial score (nSPS) is 11.1. The Labute approximate surface area is 140 Å². The van der Waals surface area contributed by atoms with E-state index >= 15 is 0 Å². The predicted octanol–water partition coefficient (Wildman–Crippen LogP) is 3.48. The van der Waals surface area contributed by atoms with Crippen molar-refractivity contribution in [3.63, 3.8) is 0 Å². The highest BCUT2D eigenvalue weighted by molar-refractivity contribution is 5.99. The summed E-state index contributed by atoms with van der Waals surface area (Å²) >= 11 is 0. The third kappa shape index (κ3) is 4.56. The van der Waals surface area contributed by atoms with Crippen molar-refractivity contribution in [1.82, 2.24) is 10.9 Å². The Balaban J connectivity index is 2.05. The van der Waals surface area contributed by atoms with Crippen LogP contribution in [0.1, 0.15) is 38.8 Å². The molecule has 4 nitrogen and oxygen atoms in total. The summed E-state index contributed by atoms with van der Waals surface area (Å²) in [5.41, 5.74) is 3.39. The van der Waals surface area contributed by atoms with E-state index in [2.05, 4.69) is 5.43 Å². The van der Waals surface area contributed by atoms with E-state index in [1.165, 1.54) is 0 Å². The maximum atomic E-state index is 13.2. The van der Waals surface area contributed by atoms with Crippen LogP contribution in [0.25, 0.3) is 0 Å². The molecule has 0 saturated heterocycles. The molecule has 0 aliphatic heterocycles. The third-order valence-corrected chi connectivity index (χ3v) is 3.45. The summed E-state index contributed by atoms with van der Waals surface area (Å²) in [7, 11) is 0. The Kier molecular flexibility index (Phi) is 5.41. The number of aryl methyl sites for hydroxylation is 1. The number of carbonyl (C=O) groups is 2. The molecule has 2 aromatic rings. The standard InChI is InChI=1S/C17H14F4N2O2/c1-2-10-3-5-11(6-4-10)15(24)22-23-16(25)12-7-8-14(18)13(9-12)17(19,20)21/h3-9H,2H2,1H3,(H,22,24)(H,23,25). The minimum atomic E-state index is -4.93. The van der Waals surface area contributed by atoms with Crippen molar-refractivity contribution in [2.24, 2.45) is 0 Å². The number of alkyl halides is 3. The van der Waals surface area contributed by atoms with Gasteiger partial charge in [-0.1, -0.05) is 19.1 Å². The number of rotatable bonds is 3. The van der Waals surface area contributed by atoms with Crippen molar-refractivity contribution in [1.29, 1.82) is 0 Å². The molecule has 2 aromatic carbocycles. The highest BCUT2D eigenvalue weighted by Gasteiger charge is 2.34. The minimum absolute atomic E-state index is 0.271. The van der Waals surface area contributed by atoms with E-state index in [0.29, 0.717) is 12.1 Å². The molecule has 0 aliphatic rings. The van der Waals surface area contributed by atoms with Gasteiger partial charge in [0.2, 0.25) is 0 Å². The van der Waals surface area contributed by atoms with Crippen molar-refractivity contribution in [3.05, 3.63) is 70.5 Å². The zero-order valence-corrected chi connectivity index (χ0v) is 13.1. The highest BCUT2D eigenvalue weighted by atomic mass is 19.4. The van der Waals surface area contributed by atoms with Crippen molar-refractivity contribution < 1.29 is 27.2 Å². The van der Waals surface area contributed by atoms with Gasteiger partial charge in [-0.2, -0.15) is 13.2 Å². The van der Waals surface area contributed by atoms with Crippen molar-refractivity contribution >= 4 is 11.8 Å². The summed E-state index contributed by atoms with van der Waals surface area (Å²) in [6, 6.07) is 8.41. The summed E-state index contributed by atoms with van der Waals surface area (Å²) < 4.78 is 51.1. The molecule has 0 radical (unpaired) electrons. The molecule has 0 bridgehead atoms. The second-order valence-electron chi connectivity index (χ2n) is 5.15. The fraction of sp³-hybridized carbons (Fsp3) is 0.176. The van der Waals surface area contributed by atoms with Gasteiger partial charge in [0.25, 0.3) is 11.8 Å². The Hall–Kier alpha value is -2.90. The molecule has 0 fully saturated rings. The second-order valence-corrected chi connectivity index (χ2v) is 5.15. The Bertz CT molecular complexity index is 786. The zero-order chi connectivity index (χ0) is 18.6. The number of benzene rings is 2. The lowest BCUT2D eigenvalue weighted by Crippen LogP contribution is -2.41. The number of nitrogens with one attached hydrogen (secondary N) is 2. The van der Waals surface area contributed by atoms with E-state index in [1.54, 1.807) is 24.3 Å². The van der Waals surface area contributed by atoms with Crippen molar-refractivity contribution in [2.75, 3.05) is 0 Å². The average molecular weight is 354 g/mol. The number of hydrogen-bond acceptors (Lipinski definition) is 2. The maximum absolute atomic E-state index is 13.2. The molecular formula is C17H14F4N2O2. The fourth-order valence-corrected chi connectivity index (χ4v) is 2.03. The molecule has 0 saturated carbocycles. The maximum Gasteiger partial charge on any atom is 0.419 e. The lowest BCUT2D eigenvalue weighted by molar-refractivity contribution is -0.140. The van der Waals surface area contributed by atoms with E-state index in [0.717, 1.165) is 18.1 Å². The van der Waals surface area contributed by atoms with Gasteiger partial charge in [-0.05, 0) is 42.3 Å². The van der Waals surface area contributed by atoms with Crippen LogP contribution < -0.4 is 10.9 Å². The zero-order valence-electron chi connectivity index (χ0n) is 13.1. The first kappa shape index (κ1) is 18.4. The predicted molar refractivity (Wildman–Crippen MR) is 82.2 cm³/mol. The Morgan fingerprint density at radius 3 is 1.96 bits per heavy atom. The van der Waals surface area contributed by atoms with E-state index in [4.69, 9.17) is 0 Å². The first-order valence-corrected chi connectivity index (χ1v) is 7.28. The lowest BCUT2D eigenvalue weighted by Gasteiger charge is -2.11. The average Bonchev–Trinajstić information content (AvgIpc) is 2.58. The monoisotopic (exact) mass is 354 g/mol. The third-order valence-electron chi connectivity index (χ3n) is 3.45. The van der Waals surface area contributed by atoms with Crippen LogP contribution in [0.3, 0.4) is 0 Å². The summed E-state index contributed by atoms with van der Waals surface area (Å²) in [6.07, 6.45) is -4.13. The van der Waals surface area contributed by atoms with Crippen LogP contribution in [0.4, 0.5) is 17.6 Å². The van der Waals surface area contributed by atoms with Crippen LogP contribution in [-0.2, 0) is 12.6 Å². The first-order valence-electron chi connectivity index (χ1n) is 7.28. The van der Waals surface area contributed by atoms with E-state index in [-0.39, 0.29) is 5.56 Å². The Morgan fingerprint density at radius 1 is 0.920 bits per heavy atom. The molecule has 0 atom stereocenters. The molecule has 0 heterocycles. The summed E-state index contributed by atoms with van der Waals surface area (Å²) in [5, 5.41) is 0. The van der Waals surface area contributed by atoms with Crippen LogP contribution in [0.5, 0.6) is 0 Å². The molecule has 0 aliphatic carbocycles. The number of carbonyl (C=O) groups excluding carboxylic acids is 2. The molecule has 0 spiro atoms. The smallest absolute Gasteiger partial charge is 0.267 e. The largest absolute Gasteiger partial charge is 0.419 e. The molecule has 132 valence electrons. The Morgan fingerprint density at radius 2 is 1.44 bits per heavy atom. The van der Waals surface area contributed by atoms with Gasteiger partial charge in [0, 0.05) is 11.1 Å². The molecule has 25 heavy (non-hydrogen) atoms. The fourth-order valence-electron chi connectivity index (χ4n) is 2.03. The molecule has 8 heteroatoms. The van der Waals surface area contributed by atoms with E-state index in [9.17, 15) is 27.2 Å². The molecule has 0 unspecified atom stereocenters. The second kappa shape index (κ2) is 7.33. The molecule has 2 rings (SSSR count). The van der Waals surface area contributed by atoms with Crippen LogP contribution in [0.15, 0.2) is 42.5 Å². The van der Waals surface area contributed by atoms with Gasteiger partial charge in [0.05, 0.1) is 5.56 Å². The molecular weight excluding hydrogens is 340 g/mol. The molecule has 2 amide bonds. The first-order chi connectivity index (χ1) is 11.7. The van der Waals surface area contributed by atoms with Crippen LogP contribution in [-0.4, -0.2) is 11.8 Å². The van der Waals surface area contributed by atoms with Gasteiger partial charge in [0.1, 0.15) is 5.82 Å². The van der Waals surface area contributed by atoms with E-state index < -0.39 is 34.9 Å². The quantitative estimate of drug-likeness (QED) is 0.655. The van der Waals surface area contributed by atoms with E-state index in [1.807, 2.05) is 12.3 Å². The summed E-state index contributed by atoms with van der Waals surface area (Å²) in [6.45, 7) is 1.95. The molecule has 0 aromatic heterocycles. The number of hydrogen-bond donors (Lipinski definition) is 2. The van der Waals surface area contributed by atoms with Crippen molar-refractivity contribution in [3.8, 4) is 0 Å². The van der Waals surface area contributed by atoms with Crippen molar-refractivity contribution in [2.45, 2.75) is 19.5 Å². The number of hydrazine groups is 1. The summed E-state index contributed by atoms with van der Waals surface area (Å²) in [4.78, 5) is 23.8. The van der Waals surface area contributed by atoms with Gasteiger partial charge in [-0.3, -0.25) is 20.4 Å². The molecule has 2 N–H and O–H groups in total. The van der Waals surface area contributed by atoms with Crippen LogP contribution in [0.2, 0.25) is 0 Å². The number of halogens is 4. The lowest BCUT2D eigenvalue weighted by atomic mass is 10.1. The van der Waals surface area contributed by atoms with Crippen LogP contribution in [0, 0.1) is 5.82 Å². The van der Waals surface area contributed by atoms with Gasteiger partial charge >= 0.3 is 6.18 Å². The summed E-state index contributed by atoms with van der Waals surface area (Å²) in [5.74, 6) is -3.11. The van der Waals surface area contributed by atoms with Crippen LogP contribution >= 0.6 is 0 Å². The van der Waals surface area contributed by atoms with Gasteiger partial charge in [-0.25, -0.2) is 4.39 Å².